The van der Waals surface area contributed by atoms with Crippen LogP contribution in [0.4, 0.5) is 0 Å². The van der Waals surface area contributed by atoms with Crippen LogP contribution in [0.15, 0.2) is 0 Å². The summed E-state index contributed by atoms with van der Waals surface area (Å²) in [6.07, 6.45) is 20.2. The molecule has 0 fully saturated rings. The summed E-state index contributed by atoms with van der Waals surface area (Å²) in [4.78, 5) is 25.4. The van der Waals surface area contributed by atoms with Gasteiger partial charge in [0.25, 0.3) is 0 Å². The van der Waals surface area contributed by atoms with E-state index in [-0.39, 0.29) is 0 Å². The average molecular weight is 441 g/mol. The zero-order valence-electron chi connectivity index (χ0n) is 21.3. The van der Waals surface area contributed by atoms with Gasteiger partial charge in [0.15, 0.2) is 5.41 Å². The normalized spacial score (nSPS) is 11.5. The Labute approximate surface area is 193 Å². The first-order valence-corrected chi connectivity index (χ1v) is 13.4. The second-order valence-electron chi connectivity index (χ2n) is 9.01. The third kappa shape index (κ3) is 13.9. The lowest BCUT2D eigenvalue weighted by Gasteiger charge is -2.27. The quantitative estimate of drug-likeness (QED) is 0.0967. The van der Waals surface area contributed by atoms with Gasteiger partial charge in [0, 0.05) is 0 Å². The van der Waals surface area contributed by atoms with Crippen LogP contribution in [-0.2, 0) is 19.1 Å². The molecule has 0 unspecified atom stereocenters. The Balaban J connectivity index is 3.99. The lowest BCUT2D eigenvalue weighted by molar-refractivity contribution is -0.173. The summed E-state index contributed by atoms with van der Waals surface area (Å²) in [5.41, 5.74) is -1.14. The molecule has 0 aromatic carbocycles. The molecule has 0 saturated heterocycles. The number of esters is 2. The number of carbonyl (C=O) groups is 2. The van der Waals surface area contributed by atoms with Gasteiger partial charge in [0.05, 0.1) is 13.2 Å². The summed E-state index contributed by atoms with van der Waals surface area (Å²) >= 11 is 0. The van der Waals surface area contributed by atoms with E-state index < -0.39 is 17.4 Å². The summed E-state index contributed by atoms with van der Waals surface area (Å²) in [7, 11) is 0. The van der Waals surface area contributed by atoms with Crippen LogP contribution < -0.4 is 0 Å². The van der Waals surface area contributed by atoms with Crippen molar-refractivity contribution in [3.63, 3.8) is 0 Å². The molecule has 0 aliphatic heterocycles. The van der Waals surface area contributed by atoms with E-state index in [1.54, 1.807) is 0 Å². The maximum atomic E-state index is 12.7. The van der Waals surface area contributed by atoms with Crippen LogP contribution in [0.25, 0.3) is 0 Å². The van der Waals surface area contributed by atoms with Crippen molar-refractivity contribution < 1.29 is 19.1 Å². The molecule has 0 rings (SSSR count). The van der Waals surface area contributed by atoms with Gasteiger partial charge < -0.3 is 9.47 Å². The van der Waals surface area contributed by atoms with E-state index >= 15 is 0 Å². The zero-order chi connectivity index (χ0) is 23.2. The van der Waals surface area contributed by atoms with Gasteiger partial charge in [0.2, 0.25) is 0 Å². The van der Waals surface area contributed by atoms with Gasteiger partial charge in [-0.1, -0.05) is 118 Å². The molecule has 4 nitrogen and oxygen atoms in total. The lowest BCUT2D eigenvalue weighted by atomic mass is 9.82. The van der Waals surface area contributed by atoms with Gasteiger partial charge in [-0.3, -0.25) is 9.59 Å². The van der Waals surface area contributed by atoms with Gasteiger partial charge in [-0.15, -0.1) is 0 Å². The monoisotopic (exact) mass is 440 g/mol. The van der Waals surface area contributed by atoms with Crippen LogP contribution in [0.2, 0.25) is 0 Å². The van der Waals surface area contributed by atoms with Crippen molar-refractivity contribution in [2.75, 3.05) is 13.2 Å². The van der Waals surface area contributed by atoms with Gasteiger partial charge in [-0.2, -0.15) is 0 Å². The minimum Gasteiger partial charge on any atom is -0.465 e. The Morgan fingerprint density at radius 1 is 0.484 bits per heavy atom. The highest BCUT2D eigenvalue weighted by Crippen LogP contribution is 2.30. The third-order valence-electron chi connectivity index (χ3n) is 6.45. The summed E-state index contributed by atoms with van der Waals surface area (Å²) in [6.45, 7) is 8.98. The molecule has 0 spiro atoms. The number of rotatable bonds is 22. The number of carbonyl (C=O) groups excluding carboxylic acids is 2. The Hall–Kier alpha value is -1.06. The third-order valence-corrected chi connectivity index (χ3v) is 6.45. The molecule has 0 atom stereocenters. The van der Waals surface area contributed by atoms with Crippen molar-refractivity contribution in [3.8, 4) is 0 Å². The first kappa shape index (κ1) is 29.9. The van der Waals surface area contributed by atoms with Crippen LogP contribution in [-0.4, -0.2) is 25.2 Å². The first-order valence-electron chi connectivity index (χ1n) is 13.4. The van der Waals surface area contributed by atoms with Gasteiger partial charge in [0.1, 0.15) is 0 Å². The summed E-state index contributed by atoms with van der Waals surface area (Å²) < 4.78 is 11.0. The molecule has 0 aromatic rings. The molecule has 0 aliphatic rings. The number of unbranched alkanes of at least 4 members (excludes halogenated alkanes) is 14. The first-order chi connectivity index (χ1) is 15.1. The maximum Gasteiger partial charge on any atom is 0.323 e. The molecule has 0 N–H and O–H groups in total. The molecule has 0 saturated carbocycles. The summed E-state index contributed by atoms with van der Waals surface area (Å²) in [5.74, 6) is -0.808. The van der Waals surface area contributed by atoms with Crippen molar-refractivity contribution >= 4 is 11.9 Å². The lowest BCUT2D eigenvalue weighted by Crippen LogP contribution is -2.41. The second kappa shape index (κ2) is 20.8. The minimum atomic E-state index is -1.14. The van der Waals surface area contributed by atoms with Gasteiger partial charge in [-0.05, 0) is 25.7 Å². The Morgan fingerprint density at radius 3 is 1.06 bits per heavy atom. The molecule has 0 aromatic heterocycles. The van der Waals surface area contributed by atoms with Crippen molar-refractivity contribution in [2.24, 2.45) is 5.41 Å². The number of hydrogen-bond donors (Lipinski definition) is 0. The van der Waals surface area contributed by atoms with Crippen molar-refractivity contribution in [1.82, 2.24) is 0 Å². The van der Waals surface area contributed by atoms with Crippen molar-refractivity contribution in [2.45, 2.75) is 143 Å². The van der Waals surface area contributed by atoms with E-state index in [1.807, 2.05) is 13.8 Å². The highest BCUT2D eigenvalue weighted by Gasteiger charge is 2.45. The topological polar surface area (TPSA) is 52.6 Å². The number of hydrogen-bond acceptors (Lipinski definition) is 4. The van der Waals surface area contributed by atoms with Crippen LogP contribution >= 0.6 is 0 Å². The van der Waals surface area contributed by atoms with E-state index in [1.165, 1.54) is 77.0 Å². The number of ether oxygens (including phenoxy) is 2. The maximum absolute atomic E-state index is 12.7. The Kier molecular flexibility index (Phi) is 20.1. The van der Waals surface area contributed by atoms with Gasteiger partial charge >= 0.3 is 11.9 Å². The molecular weight excluding hydrogens is 388 g/mol. The molecule has 0 aliphatic carbocycles. The standard InChI is InChI=1S/C27H52O4/c1-5-9-11-13-14-15-16-17-18-20-22-24-31-26(29)27(7-3,8-4)25(28)30-23-21-19-12-10-6-2/h5-24H2,1-4H3. The highest BCUT2D eigenvalue weighted by atomic mass is 16.6. The zero-order valence-corrected chi connectivity index (χ0v) is 21.3. The van der Waals surface area contributed by atoms with E-state index in [2.05, 4.69) is 13.8 Å². The SMILES string of the molecule is CCCCCCCCCCCCCOC(=O)C(CC)(CC)C(=O)OCCCCCCC. The van der Waals surface area contributed by atoms with Crippen LogP contribution in [0, 0.1) is 5.41 Å². The van der Waals surface area contributed by atoms with Crippen molar-refractivity contribution in [1.29, 1.82) is 0 Å². The van der Waals surface area contributed by atoms with E-state index in [0.717, 1.165) is 25.7 Å². The van der Waals surface area contributed by atoms with E-state index in [9.17, 15) is 9.59 Å². The summed E-state index contributed by atoms with van der Waals surface area (Å²) in [6, 6.07) is 0. The molecular formula is C27H52O4. The minimum absolute atomic E-state index is 0.399. The van der Waals surface area contributed by atoms with E-state index in [4.69, 9.17) is 9.47 Å². The smallest absolute Gasteiger partial charge is 0.323 e. The predicted octanol–water partition coefficient (Wildman–Crippen LogP) is 8.16. The fourth-order valence-electron chi connectivity index (χ4n) is 3.99. The molecule has 0 bridgehead atoms. The van der Waals surface area contributed by atoms with Crippen LogP contribution in [0.1, 0.15) is 143 Å². The molecule has 184 valence electrons. The van der Waals surface area contributed by atoms with Crippen LogP contribution in [0.5, 0.6) is 0 Å². The Bertz CT molecular complexity index is 429. The Morgan fingerprint density at radius 2 is 0.774 bits per heavy atom. The van der Waals surface area contributed by atoms with Crippen molar-refractivity contribution in [3.05, 3.63) is 0 Å². The fraction of sp³-hybridized carbons (Fsp3) is 0.926. The molecule has 31 heavy (non-hydrogen) atoms. The van der Waals surface area contributed by atoms with E-state index in [0.29, 0.717) is 26.1 Å². The largest absolute Gasteiger partial charge is 0.465 e. The molecule has 0 heterocycles. The van der Waals surface area contributed by atoms with Gasteiger partial charge in [-0.25, -0.2) is 0 Å². The van der Waals surface area contributed by atoms with Crippen LogP contribution in [0.3, 0.4) is 0 Å². The highest BCUT2D eigenvalue weighted by molar-refractivity contribution is 5.99. The molecule has 4 heteroatoms. The second-order valence-corrected chi connectivity index (χ2v) is 9.01. The molecule has 0 radical (unpaired) electrons. The molecule has 0 amide bonds. The predicted molar refractivity (Wildman–Crippen MR) is 130 cm³/mol. The average Bonchev–Trinajstić information content (AvgIpc) is 2.78. The fourth-order valence-corrected chi connectivity index (χ4v) is 3.99. The summed E-state index contributed by atoms with van der Waals surface area (Å²) in [5, 5.41) is 0.